The van der Waals surface area contributed by atoms with Gasteiger partial charge in [-0.2, -0.15) is 0 Å². The van der Waals surface area contributed by atoms with Gasteiger partial charge < -0.3 is 19.8 Å². The van der Waals surface area contributed by atoms with Crippen LogP contribution in [0.2, 0.25) is 0 Å². The van der Waals surface area contributed by atoms with Crippen LogP contribution in [-0.2, 0) is 4.74 Å². The van der Waals surface area contributed by atoms with E-state index in [1.165, 1.54) is 0 Å². The Labute approximate surface area is 198 Å². The molecule has 2 aromatic heterocycles. The van der Waals surface area contributed by atoms with Crippen LogP contribution in [0.4, 0.5) is 5.82 Å². The standard InChI is InChI=1S/C26H29N5O3/c1-26(2,3)34-25(33)31-10-8-30(9-11-31)24-21-15-27-22(14-23(21)28-16-29-24)20-13-18(32)12-17-6-4-5-7-19(17)20/h4-7,12-16,25,32-33H,8-11H2,1-3H3. The topological polar surface area (TPSA) is 94.8 Å². The Hall–Kier alpha value is -3.33. The lowest BCUT2D eigenvalue weighted by atomic mass is 10.0. The van der Waals surface area contributed by atoms with Crippen LogP contribution in [0, 0.1) is 0 Å². The van der Waals surface area contributed by atoms with Crippen molar-refractivity contribution >= 4 is 27.5 Å². The van der Waals surface area contributed by atoms with Gasteiger partial charge in [-0.25, -0.2) is 9.97 Å². The van der Waals surface area contributed by atoms with Crippen molar-refractivity contribution < 1.29 is 14.9 Å². The number of fused-ring (bicyclic) bond motifs is 2. The van der Waals surface area contributed by atoms with Crippen LogP contribution in [0.3, 0.4) is 0 Å². The minimum absolute atomic E-state index is 0.203. The monoisotopic (exact) mass is 459 g/mol. The van der Waals surface area contributed by atoms with Gasteiger partial charge in [0, 0.05) is 37.9 Å². The Kier molecular flexibility index (Phi) is 5.81. The zero-order valence-electron chi connectivity index (χ0n) is 19.6. The number of phenolic OH excluding ortho intramolecular Hbond substituents is 1. The molecule has 1 fully saturated rings. The smallest absolute Gasteiger partial charge is 0.216 e. The quantitative estimate of drug-likeness (QED) is 0.446. The van der Waals surface area contributed by atoms with Gasteiger partial charge in [-0.1, -0.05) is 24.3 Å². The summed E-state index contributed by atoms with van der Waals surface area (Å²) in [7, 11) is 0. The molecule has 0 amide bonds. The number of aliphatic hydroxyl groups excluding tert-OH is 1. The number of piperazine rings is 1. The molecule has 1 saturated heterocycles. The SMILES string of the molecule is CC(C)(C)OC(O)N1CCN(c2ncnc3cc(-c4cc(O)cc5ccccc45)ncc23)CC1. The first kappa shape index (κ1) is 22.5. The first-order valence-electron chi connectivity index (χ1n) is 11.5. The van der Waals surface area contributed by atoms with Crippen LogP contribution < -0.4 is 4.90 Å². The zero-order valence-corrected chi connectivity index (χ0v) is 19.6. The number of benzene rings is 2. The maximum absolute atomic E-state index is 10.4. The second kappa shape index (κ2) is 8.79. The second-order valence-corrected chi connectivity index (χ2v) is 9.58. The lowest BCUT2D eigenvalue weighted by Crippen LogP contribution is -2.52. The number of aromatic nitrogens is 3. The summed E-state index contributed by atoms with van der Waals surface area (Å²) >= 11 is 0. The number of rotatable bonds is 4. The van der Waals surface area contributed by atoms with E-state index in [1.54, 1.807) is 18.5 Å². The summed E-state index contributed by atoms with van der Waals surface area (Å²) in [6.45, 7) is 8.51. The number of anilines is 1. The highest BCUT2D eigenvalue weighted by Gasteiger charge is 2.27. The maximum Gasteiger partial charge on any atom is 0.216 e. The summed E-state index contributed by atoms with van der Waals surface area (Å²) in [5, 5.41) is 23.5. The zero-order chi connectivity index (χ0) is 23.9. The third-order valence-electron chi connectivity index (χ3n) is 6.01. The predicted octanol–water partition coefficient (Wildman–Crippen LogP) is 3.76. The number of phenols is 1. The number of aliphatic hydroxyl groups is 1. The summed E-state index contributed by atoms with van der Waals surface area (Å²) in [6.07, 6.45) is 2.46. The number of nitrogens with zero attached hydrogens (tertiary/aromatic N) is 5. The average molecular weight is 460 g/mol. The van der Waals surface area contributed by atoms with Gasteiger partial charge in [-0.15, -0.1) is 0 Å². The molecule has 0 radical (unpaired) electrons. The van der Waals surface area contributed by atoms with Gasteiger partial charge in [0.05, 0.1) is 22.2 Å². The molecule has 34 heavy (non-hydrogen) atoms. The van der Waals surface area contributed by atoms with Crippen LogP contribution in [-0.4, -0.2) is 68.3 Å². The minimum Gasteiger partial charge on any atom is -0.508 e. The fourth-order valence-electron chi connectivity index (χ4n) is 4.39. The van der Waals surface area contributed by atoms with Gasteiger partial charge in [0.2, 0.25) is 6.41 Å². The molecule has 0 saturated carbocycles. The summed E-state index contributed by atoms with van der Waals surface area (Å²) in [4.78, 5) is 17.9. The van der Waals surface area contributed by atoms with Gasteiger partial charge in [0.25, 0.3) is 0 Å². The average Bonchev–Trinajstić information content (AvgIpc) is 2.82. The van der Waals surface area contributed by atoms with E-state index < -0.39 is 12.0 Å². The largest absolute Gasteiger partial charge is 0.508 e. The third kappa shape index (κ3) is 4.52. The van der Waals surface area contributed by atoms with Gasteiger partial charge in [-0.3, -0.25) is 9.88 Å². The Balaban J connectivity index is 1.42. The predicted molar refractivity (Wildman–Crippen MR) is 133 cm³/mol. The van der Waals surface area contributed by atoms with Gasteiger partial charge in [0.15, 0.2) is 0 Å². The number of hydrogen-bond donors (Lipinski definition) is 2. The van der Waals surface area contributed by atoms with Crippen LogP contribution in [0.5, 0.6) is 5.75 Å². The highest BCUT2D eigenvalue weighted by molar-refractivity contribution is 5.99. The molecule has 5 rings (SSSR count). The van der Waals surface area contributed by atoms with E-state index in [9.17, 15) is 10.2 Å². The fraction of sp³-hybridized carbons (Fsp3) is 0.346. The lowest BCUT2D eigenvalue weighted by Gasteiger charge is -2.39. The number of ether oxygens (including phenoxy) is 1. The Bertz CT molecular complexity index is 1330. The molecule has 176 valence electrons. The van der Waals surface area contributed by atoms with Gasteiger partial charge in [-0.05, 0) is 49.7 Å². The lowest BCUT2D eigenvalue weighted by molar-refractivity contribution is -0.239. The molecule has 0 spiro atoms. The molecule has 2 N–H and O–H groups in total. The molecule has 4 aromatic rings. The van der Waals surface area contributed by atoms with Crippen LogP contribution >= 0.6 is 0 Å². The Morgan fingerprint density at radius 3 is 2.47 bits per heavy atom. The molecule has 1 unspecified atom stereocenters. The first-order valence-corrected chi connectivity index (χ1v) is 11.5. The van der Waals surface area contributed by atoms with Crippen molar-refractivity contribution in [3.05, 3.63) is 55.0 Å². The minimum atomic E-state index is -0.925. The van der Waals surface area contributed by atoms with E-state index in [2.05, 4.69) is 14.9 Å². The number of hydrogen-bond acceptors (Lipinski definition) is 8. The van der Waals surface area contributed by atoms with Crippen molar-refractivity contribution in [1.82, 2.24) is 19.9 Å². The molecule has 1 atom stereocenters. The highest BCUT2D eigenvalue weighted by Crippen LogP contribution is 2.33. The molecule has 0 aliphatic carbocycles. The van der Waals surface area contributed by atoms with Crippen molar-refractivity contribution in [1.29, 1.82) is 0 Å². The Morgan fingerprint density at radius 2 is 1.71 bits per heavy atom. The van der Waals surface area contributed by atoms with Crippen molar-refractivity contribution in [3.8, 4) is 17.0 Å². The van der Waals surface area contributed by atoms with E-state index >= 15 is 0 Å². The van der Waals surface area contributed by atoms with Crippen LogP contribution in [0.15, 0.2) is 55.0 Å². The first-order chi connectivity index (χ1) is 16.3. The molecular weight excluding hydrogens is 430 g/mol. The molecule has 0 bridgehead atoms. The van der Waals surface area contributed by atoms with Crippen molar-refractivity contribution in [2.45, 2.75) is 32.8 Å². The highest BCUT2D eigenvalue weighted by atomic mass is 16.6. The fourth-order valence-corrected chi connectivity index (χ4v) is 4.39. The van der Waals surface area contributed by atoms with E-state index in [0.717, 1.165) is 38.8 Å². The van der Waals surface area contributed by atoms with E-state index in [1.807, 2.05) is 62.2 Å². The van der Waals surface area contributed by atoms with Gasteiger partial charge >= 0.3 is 0 Å². The molecule has 8 nitrogen and oxygen atoms in total. The summed E-state index contributed by atoms with van der Waals surface area (Å²) in [5.74, 6) is 1.03. The van der Waals surface area contributed by atoms with Crippen LogP contribution in [0.25, 0.3) is 32.9 Å². The number of pyridine rings is 1. The second-order valence-electron chi connectivity index (χ2n) is 9.58. The van der Waals surface area contributed by atoms with Crippen molar-refractivity contribution in [2.24, 2.45) is 0 Å². The van der Waals surface area contributed by atoms with E-state index in [0.29, 0.717) is 26.2 Å². The van der Waals surface area contributed by atoms with Gasteiger partial charge in [0.1, 0.15) is 17.9 Å². The summed E-state index contributed by atoms with van der Waals surface area (Å²) < 4.78 is 5.69. The molecule has 2 aromatic carbocycles. The van der Waals surface area contributed by atoms with Crippen molar-refractivity contribution in [3.63, 3.8) is 0 Å². The van der Waals surface area contributed by atoms with Crippen LogP contribution in [0.1, 0.15) is 20.8 Å². The molecule has 8 heteroatoms. The van der Waals surface area contributed by atoms with Crippen molar-refractivity contribution in [2.75, 3.05) is 31.1 Å². The van der Waals surface area contributed by atoms with E-state index in [4.69, 9.17) is 9.72 Å². The summed E-state index contributed by atoms with van der Waals surface area (Å²) in [6, 6.07) is 13.4. The molecule has 3 heterocycles. The molecule has 1 aliphatic rings. The third-order valence-corrected chi connectivity index (χ3v) is 6.01. The summed E-state index contributed by atoms with van der Waals surface area (Å²) in [5.41, 5.74) is 1.99. The molecular formula is C26H29N5O3. The van der Waals surface area contributed by atoms with E-state index in [-0.39, 0.29) is 5.75 Å². The number of aromatic hydroxyl groups is 1. The Morgan fingerprint density at radius 1 is 0.941 bits per heavy atom. The maximum atomic E-state index is 10.4. The normalized spacial score (nSPS) is 16.3. The molecule has 1 aliphatic heterocycles.